The van der Waals surface area contributed by atoms with E-state index in [9.17, 15) is 4.79 Å². The lowest BCUT2D eigenvalue weighted by molar-refractivity contribution is 0.0972. The lowest BCUT2D eigenvalue weighted by Gasteiger charge is -2.35. The van der Waals surface area contributed by atoms with E-state index in [0.29, 0.717) is 5.56 Å². The van der Waals surface area contributed by atoms with Gasteiger partial charge in [0.15, 0.2) is 6.33 Å². The van der Waals surface area contributed by atoms with Gasteiger partial charge in [0.1, 0.15) is 5.82 Å². The highest BCUT2D eigenvalue weighted by Gasteiger charge is 2.30. The molecule has 1 amide bonds. The number of aryl methyl sites for hydroxylation is 1. The van der Waals surface area contributed by atoms with Gasteiger partial charge in [0, 0.05) is 23.7 Å². The third kappa shape index (κ3) is 3.66. The lowest BCUT2D eigenvalue weighted by Crippen LogP contribution is -2.49. The van der Waals surface area contributed by atoms with Crippen LogP contribution in [0, 0.1) is 6.92 Å². The first kappa shape index (κ1) is 19.3. The maximum atomic E-state index is 13.8. The fourth-order valence-electron chi connectivity index (χ4n) is 4.22. The first-order valence-electron chi connectivity index (χ1n) is 10.4. The van der Waals surface area contributed by atoms with Crippen LogP contribution in [0.1, 0.15) is 28.8 Å². The molecule has 3 heterocycles. The van der Waals surface area contributed by atoms with E-state index < -0.39 is 0 Å². The van der Waals surface area contributed by atoms with Crippen LogP contribution in [0.3, 0.4) is 0 Å². The summed E-state index contributed by atoms with van der Waals surface area (Å²) >= 11 is 0. The molecule has 1 unspecified atom stereocenters. The highest BCUT2D eigenvalue weighted by atomic mass is 16.2. The maximum absolute atomic E-state index is 13.8. The van der Waals surface area contributed by atoms with E-state index in [1.165, 1.54) is 11.1 Å². The van der Waals surface area contributed by atoms with Crippen molar-refractivity contribution in [2.45, 2.75) is 25.8 Å². The molecule has 0 saturated carbocycles. The minimum atomic E-state index is -0.0601. The van der Waals surface area contributed by atoms with E-state index >= 15 is 0 Å². The minimum absolute atomic E-state index is 0.0376. The highest BCUT2D eigenvalue weighted by molar-refractivity contribution is 6.10. The van der Waals surface area contributed by atoms with Crippen LogP contribution in [0.4, 0.5) is 5.82 Å². The molecular formula is C23H23N7O. The molecule has 0 aliphatic carbocycles. The van der Waals surface area contributed by atoms with E-state index in [4.69, 9.17) is 4.98 Å². The van der Waals surface area contributed by atoms with Gasteiger partial charge in [-0.15, -0.1) is 15.0 Å². The number of piperidine rings is 1. The van der Waals surface area contributed by atoms with Crippen LogP contribution in [0.25, 0.3) is 16.5 Å². The Hall–Kier alpha value is -3.65. The smallest absolute Gasteiger partial charge is 0.259 e. The summed E-state index contributed by atoms with van der Waals surface area (Å²) < 4.78 is 0. The number of nitrogens with zero attached hydrogens (tertiary/aromatic N) is 6. The zero-order chi connectivity index (χ0) is 21.2. The van der Waals surface area contributed by atoms with Crippen LogP contribution < -0.4 is 10.2 Å². The molecule has 4 aromatic rings. The normalized spacial score (nSPS) is 16.4. The lowest BCUT2D eigenvalue weighted by atomic mass is 10.0. The molecule has 31 heavy (non-hydrogen) atoms. The molecule has 156 valence electrons. The second kappa shape index (κ2) is 8.23. The molecule has 5 rings (SSSR count). The standard InChI is InChI=1S/C23H23N7O/c1-16-4-2-5-17-11-13-25-22(21(16)17)29(20-6-3-12-24-14-20)23(31)18-7-9-19(10-8-18)30-27-15-26-28-30/h2,4-5,7-11,13,15,20,24H,3,6,12,14H2,1H3. The number of rotatable bonds is 4. The Bertz CT molecular complexity index is 1190. The van der Waals surface area contributed by atoms with Gasteiger partial charge >= 0.3 is 0 Å². The Morgan fingerprint density at radius 2 is 2.03 bits per heavy atom. The molecule has 0 spiro atoms. The fourth-order valence-corrected chi connectivity index (χ4v) is 4.22. The molecule has 1 aliphatic rings. The highest BCUT2D eigenvalue weighted by Crippen LogP contribution is 2.31. The van der Waals surface area contributed by atoms with Crippen molar-refractivity contribution in [3.63, 3.8) is 0 Å². The van der Waals surface area contributed by atoms with Crippen molar-refractivity contribution in [2.75, 3.05) is 18.0 Å². The monoisotopic (exact) mass is 413 g/mol. The summed E-state index contributed by atoms with van der Waals surface area (Å²) in [5.74, 6) is 0.659. The van der Waals surface area contributed by atoms with Gasteiger partial charge in [-0.1, -0.05) is 18.2 Å². The summed E-state index contributed by atoms with van der Waals surface area (Å²) in [7, 11) is 0. The molecule has 0 bridgehead atoms. The van der Waals surface area contributed by atoms with Crippen LogP contribution in [0.5, 0.6) is 0 Å². The Balaban J connectivity index is 1.58. The van der Waals surface area contributed by atoms with Crippen LogP contribution in [0.2, 0.25) is 0 Å². The molecule has 1 aliphatic heterocycles. The van der Waals surface area contributed by atoms with Gasteiger partial charge < -0.3 is 5.32 Å². The SMILES string of the molecule is Cc1cccc2ccnc(N(C(=O)c3ccc(-n4ncnn4)cc3)C3CCCNC3)c12. The molecule has 1 atom stereocenters. The minimum Gasteiger partial charge on any atom is -0.315 e. The number of hydrogen-bond acceptors (Lipinski definition) is 6. The van der Waals surface area contributed by atoms with Gasteiger partial charge in [0.2, 0.25) is 0 Å². The first-order chi connectivity index (χ1) is 15.2. The second-order valence-electron chi connectivity index (χ2n) is 7.76. The Labute approximate surface area is 179 Å². The van der Waals surface area contributed by atoms with Crippen molar-refractivity contribution < 1.29 is 4.79 Å². The van der Waals surface area contributed by atoms with Gasteiger partial charge in [-0.2, -0.15) is 0 Å². The summed E-state index contributed by atoms with van der Waals surface area (Å²) in [6.07, 6.45) is 5.12. The predicted octanol–water partition coefficient (Wildman–Crippen LogP) is 2.92. The summed E-state index contributed by atoms with van der Waals surface area (Å²) in [6, 6.07) is 15.5. The van der Waals surface area contributed by atoms with Gasteiger partial charge in [-0.05, 0) is 72.8 Å². The molecule has 1 fully saturated rings. The van der Waals surface area contributed by atoms with E-state index in [-0.39, 0.29) is 11.9 Å². The van der Waals surface area contributed by atoms with Crippen molar-refractivity contribution in [2.24, 2.45) is 0 Å². The van der Waals surface area contributed by atoms with Crippen molar-refractivity contribution in [3.8, 4) is 5.69 Å². The average Bonchev–Trinajstić information content (AvgIpc) is 3.35. The quantitative estimate of drug-likeness (QED) is 0.553. The van der Waals surface area contributed by atoms with Crippen molar-refractivity contribution in [3.05, 3.63) is 72.2 Å². The largest absolute Gasteiger partial charge is 0.315 e. The van der Waals surface area contributed by atoms with Crippen LogP contribution >= 0.6 is 0 Å². The number of anilines is 1. The van der Waals surface area contributed by atoms with Crippen LogP contribution in [-0.2, 0) is 0 Å². The van der Waals surface area contributed by atoms with Crippen molar-refractivity contribution in [1.29, 1.82) is 0 Å². The van der Waals surface area contributed by atoms with Crippen molar-refractivity contribution in [1.82, 2.24) is 30.5 Å². The topological polar surface area (TPSA) is 88.8 Å². The first-order valence-corrected chi connectivity index (χ1v) is 10.4. The third-order valence-electron chi connectivity index (χ3n) is 5.76. The molecule has 1 N–H and O–H groups in total. The zero-order valence-electron chi connectivity index (χ0n) is 17.3. The number of carbonyl (C=O) groups is 1. The molecule has 8 heteroatoms. The predicted molar refractivity (Wildman–Crippen MR) is 118 cm³/mol. The number of aromatic nitrogens is 5. The molecular weight excluding hydrogens is 390 g/mol. The number of hydrogen-bond donors (Lipinski definition) is 1. The third-order valence-corrected chi connectivity index (χ3v) is 5.76. The van der Waals surface area contributed by atoms with Gasteiger partial charge in [-0.25, -0.2) is 4.98 Å². The summed E-state index contributed by atoms with van der Waals surface area (Å²) in [5, 5.41) is 17.2. The number of carbonyl (C=O) groups excluding carboxylic acids is 1. The van der Waals surface area contributed by atoms with Gasteiger partial charge in [0.25, 0.3) is 5.91 Å². The summed E-state index contributed by atoms with van der Waals surface area (Å²) in [5.41, 5.74) is 2.45. The average molecular weight is 413 g/mol. The Morgan fingerprint density at radius 3 is 2.77 bits per heavy atom. The van der Waals surface area contributed by atoms with Gasteiger partial charge in [-0.3, -0.25) is 9.69 Å². The summed E-state index contributed by atoms with van der Waals surface area (Å²) in [6.45, 7) is 3.78. The van der Waals surface area contributed by atoms with E-state index in [1.54, 1.807) is 6.20 Å². The Kier molecular flexibility index (Phi) is 5.13. The number of tetrazole rings is 1. The number of pyridine rings is 1. The molecule has 0 radical (unpaired) electrons. The zero-order valence-corrected chi connectivity index (χ0v) is 17.3. The van der Waals surface area contributed by atoms with E-state index in [0.717, 1.165) is 53.8 Å². The fraction of sp³-hybridized carbons (Fsp3) is 0.261. The van der Waals surface area contributed by atoms with E-state index in [1.807, 2.05) is 41.3 Å². The molecule has 2 aromatic heterocycles. The number of benzene rings is 2. The molecule has 1 saturated heterocycles. The number of amides is 1. The molecule has 8 nitrogen and oxygen atoms in total. The van der Waals surface area contributed by atoms with Crippen LogP contribution in [0.15, 0.2) is 61.1 Å². The van der Waals surface area contributed by atoms with Gasteiger partial charge in [0.05, 0.1) is 11.7 Å². The number of nitrogens with one attached hydrogen (secondary N) is 1. The summed E-state index contributed by atoms with van der Waals surface area (Å²) in [4.78, 5) is 21.8. The Morgan fingerprint density at radius 1 is 1.16 bits per heavy atom. The molecule has 2 aromatic carbocycles. The number of fused-ring (bicyclic) bond motifs is 1. The second-order valence-corrected chi connectivity index (χ2v) is 7.76. The van der Waals surface area contributed by atoms with Crippen LogP contribution in [-0.4, -0.2) is 50.2 Å². The van der Waals surface area contributed by atoms with Crippen molar-refractivity contribution >= 4 is 22.5 Å². The maximum Gasteiger partial charge on any atom is 0.259 e. The van der Waals surface area contributed by atoms with E-state index in [2.05, 4.69) is 39.8 Å².